The first-order chi connectivity index (χ1) is 19.5. The molecule has 1 amide bonds. The number of nitrogens with zero attached hydrogens (tertiary/aromatic N) is 8. The minimum Gasteiger partial charge on any atom is -0.475 e. The summed E-state index contributed by atoms with van der Waals surface area (Å²) in [6.45, 7) is 11.1. The van der Waals surface area contributed by atoms with E-state index in [2.05, 4.69) is 56.5 Å². The summed E-state index contributed by atoms with van der Waals surface area (Å²) in [5.41, 5.74) is 6.36. The summed E-state index contributed by atoms with van der Waals surface area (Å²) in [6, 6.07) is 2.75. The molecule has 2 fully saturated rings. The number of pyridine rings is 2. The first-order valence-corrected chi connectivity index (χ1v) is 14.0. The third-order valence-electron chi connectivity index (χ3n) is 8.52. The molecular formula is C29H35N9O2. The minimum absolute atomic E-state index is 0.0597. The number of carbonyl (C=O) groups excluding carboxylic acids is 1. The predicted octanol–water partition coefficient (Wildman–Crippen LogP) is 2.40. The molecule has 0 radical (unpaired) electrons. The third-order valence-corrected chi connectivity index (χ3v) is 8.52. The van der Waals surface area contributed by atoms with Crippen molar-refractivity contribution in [2.24, 2.45) is 0 Å². The van der Waals surface area contributed by atoms with Crippen molar-refractivity contribution in [2.75, 3.05) is 62.7 Å². The van der Waals surface area contributed by atoms with Gasteiger partial charge in [0.1, 0.15) is 18.2 Å². The van der Waals surface area contributed by atoms with Crippen LogP contribution in [0.5, 0.6) is 5.88 Å². The zero-order chi connectivity index (χ0) is 27.8. The topological polar surface area (TPSA) is 118 Å². The molecule has 11 heteroatoms. The van der Waals surface area contributed by atoms with Crippen LogP contribution in [0.2, 0.25) is 0 Å². The molecule has 6 rings (SSSR count). The van der Waals surface area contributed by atoms with Gasteiger partial charge in [0, 0.05) is 50.5 Å². The number of carbonyl (C=O) groups is 1. The number of hydrogen-bond acceptors (Lipinski definition) is 9. The molecule has 3 aromatic heterocycles. The average Bonchev–Trinajstić information content (AvgIpc) is 3.63. The van der Waals surface area contributed by atoms with Crippen LogP contribution in [0.4, 0.5) is 11.4 Å². The average molecular weight is 542 g/mol. The minimum atomic E-state index is -0.0597. The van der Waals surface area contributed by atoms with E-state index in [-0.39, 0.29) is 5.91 Å². The number of aromatic nitrogens is 4. The molecule has 2 saturated heterocycles. The molecule has 1 unspecified atom stereocenters. The first-order valence-electron chi connectivity index (χ1n) is 14.0. The lowest BCUT2D eigenvalue weighted by atomic mass is 9.97. The van der Waals surface area contributed by atoms with Gasteiger partial charge in [0.2, 0.25) is 11.8 Å². The zero-order valence-corrected chi connectivity index (χ0v) is 23.2. The molecule has 0 bridgehead atoms. The van der Waals surface area contributed by atoms with Crippen molar-refractivity contribution in [3.8, 4) is 11.9 Å². The normalized spacial score (nSPS) is 19.5. The van der Waals surface area contributed by atoms with Crippen LogP contribution in [0.3, 0.4) is 0 Å². The van der Waals surface area contributed by atoms with Gasteiger partial charge in [-0.1, -0.05) is 6.58 Å². The van der Waals surface area contributed by atoms with Crippen molar-refractivity contribution >= 4 is 28.3 Å². The highest BCUT2D eigenvalue weighted by Gasteiger charge is 2.32. The van der Waals surface area contributed by atoms with E-state index >= 15 is 0 Å². The summed E-state index contributed by atoms with van der Waals surface area (Å²) in [4.78, 5) is 30.4. The van der Waals surface area contributed by atoms with Gasteiger partial charge in [0.25, 0.3) is 0 Å². The first kappa shape index (κ1) is 26.1. The molecule has 3 aromatic rings. The molecule has 0 saturated carbocycles. The van der Waals surface area contributed by atoms with Crippen LogP contribution in [0.15, 0.2) is 25.0 Å². The van der Waals surface area contributed by atoms with E-state index in [0.717, 1.165) is 71.6 Å². The Bertz CT molecular complexity index is 1480. The van der Waals surface area contributed by atoms with E-state index in [4.69, 9.17) is 9.72 Å². The molecule has 1 atom stereocenters. The number of hydrogen-bond donors (Lipinski definition) is 1. The Morgan fingerprint density at radius 1 is 1.20 bits per heavy atom. The smallest absolute Gasteiger partial charge is 0.246 e. The molecule has 6 heterocycles. The Morgan fingerprint density at radius 2 is 2.02 bits per heavy atom. The second-order valence-corrected chi connectivity index (χ2v) is 10.9. The predicted molar refractivity (Wildman–Crippen MR) is 152 cm³/mol. The fraction of sp³-hybridized carbons (Fsp3) is 0.483. The number of amides is 1. The van der Waals surface area contributed by atoms with Gasteiger partial charge in [-0.05, 0) is 51.4 Å². The van der Waals surface area contributed by atoms with Gasteiger partial charge >= 0.3 is 0 Å². The molecule has 3 aliphatic heterocycles. The van der Waals surface area contributed by atoms with Crippen molar-refractivity contribution in [3.63, 3.8) is 0 Å². The molecule has 40 heavy (non-hydrogen) atoms. The highest BCUT2D eigenvalue weighted by molar-refractivity contribution is 5.91. The number of ether oxygens (including phenoxy) is 1. The molecule has 0 aliphatic carbocycles. The van der Waals surface area contributed by atoms with E-state index in [1.165, 1.54) is 6.08 Å². The number of nitrogens with one attached hydrogen (secondary N) is 1. The quantitative estimate of drug-likeness (QED) is 0.470. The second-order valence-electron chi connectivity index (χ2n) is 10.9. The second kappa shape index (κ2) is 10.8. The summed E-state index contributed by atoms with van der Waals surface area (Å²) < 4.78 is 6.36. The van der Waals surface area contributed by atoms with Crippen molar-refractivity contribution in [2.45, 2.75) is 38.8 Å². The fourth-order valence-corrected chi connectivity index (χ4v) is 6.33. The summed E-state index contributed by atoms with van der Waals surface area (Å²) in [6.07, 6.45) is 8.03. The fourth-order valence-electron chi connectivity index (χ4n) is 6.33. The van der Waals surface area contributed by atoms with Crippen LogP contribution >= 0.6 is 0 Å². The van der Waals surface area contributed by atoms with Crippen LogP contribution in [0.25, 0.3) is 11.0 Å². The molecular weight excluding hydrogens is 506 g/mol. The number of nitriles is 1. The van der Waals surface area contributed by atoms with Crippen LogP contribution in [-0.2, 0) is 17.8 Å². The summed E-state index contributed by atoms with van der Waals surface area (Å²) in [7, 11) is 2.12. The number of aromatic amines is 1. The Morgan fingerprint density at radius 3 is 2.75 bits per heavy atom. The van der Waals surface area contributed by atoms with Gasteiger partial charge in [-0.3, -0.25) is 9.89 Å². The number of piperazine rings is 1. The molecule has 208 valence electrons. The zero-order valence-electron chi connectivity index (χ0n) is 23.2. The van der Waals surface area contributed by atoms with Crippen molar-refractivity contribution < 1.29 is 9.53 Å². The van der Waals surface area contributed by atoms with Crippen LogP contribution in [0, 0.1) is 18.3 Å². The highest BCUT2D eigenvalue weighted by Crippen LogP contribution is 2.39. The van der Waals surface area contributed by atoms with Gasteiger partial charge in [0.05, 0.1) is 35.2 Å². The van der Waals surface area contributed by atoms with Gasteiger partial charge in [-0.15, -0.1) is 0 Å². The van der Waals surface area contributed by atoms with Crippen molar-refractivity contribution in [1.82, 2.24) is 30.0 Å². The number of rotatable bonds is 6. The number of aryl methyl sites for hydroxylation is 1. The Kier molecular flexibility index (Phi) is 7.02. The highest BCUT2D eigenvalue weighted by atomic mass is 16.5. The summed E-state index contributed by atoms with van der Waals surface area (Å²) in [5, 5.41) is 18.6. The number of H-pyrrole nitrogens is 1. The molecule has 0 aromatic carbocycles. The van der Waals surface area contributed by atoms with E-state index < -0.39 is 0 Å². The van der Waals surface area contributed by atoms with Crippen LogP contribution < -0.4 is 14.5 Å². The van der Waals surface area contributed by atoms with Gasteiger partial charge in [-0.25, -0.2) is 9.97 Å². The van der Waals surface area contributed by atoms with E-state index in [1.54, 1.807) is 4.90 Å². The maximum Gasteiger partial charge on any atom is 0.246 e. The lowest BCUT2D eigenvalue weighted by Crippen LogP contribution is -2.49. The van der Waals surface area contributed by atoms with E-state index in [9.17, 15) is 10.1 Å². The van der Waals surface area contributed by atoms with Gasteiger partial charge in [0.15, 0.2) is 5.65 Å². The number of likely N-dealkylation sites (tertiary alicyclic amines) is 1. The maximum atomic E-state index is 12.2. The monoisotopic (exact) mass is 541 g/mol. The molecule has 3 aliphatic rings. The number of anilines is 2. The Balaban J connectivity index is 1.37. The number of likely N-dealkylation sites (N-methyl/N-ethyl adjacent to an activating group) is 1. The van der Waals surface area contributed by atoms with Gasteiger partial charge < -0.3 is 24.3 Å². The van der Waals surface area contributed by atoms with Crippen molar-refractivity contribution in [1.29, 1.82) is 5.26 Å². The van der Waals surface area contributed by atoms with E-state index in [0.29, 0.717) is 56.8 Å². The lowest BCUT2D eigenvalue weighted by Gasteiger charge is -2.39. The number of fused-ring (bicyclic) bond motifs is 2. The molecule has 0 spiro atoms. The molecule has 1 N–H and O–H groups in total. The third kappa shape index (κ3) is 4.62. The lowest BCUT2D eigenvalue weighted by molar-refractivity contribution is -0.126. The maximum absolute atomic E-state index is 12.2. The standard InChI is InChI=1S/C29H35N9O2/c1-4-25(39)36-10-12-37(13-11-36)27-21-7-9-38(26-19(2)15-31-28-23(26)16-32-34-28)17-24(21)33-29(22(27)14-30)40-18-20-6-5-8-35(20)3/h4,15-16,20H,1,5-13,17-18H2,2-3H3,(H,31,32,34). The largest absolute Gasteiger partial charge is 0.475 e. The van der Waals surface area contributed by atoms with Gasteiger partial charge in [-0.2, -0.15) is 10.4 Å². The Hall–Kier alpha value is -4.17. The Labute approximate surface area is 234 Å². The van der Waals surface area contributed by atoms with Crippen LogP contribution in [-0.4, -0.2) is 94.8 Å². The van der Waals surface area contributed by atoms with E-state index in [1.807, 2.05) is 12.4 Å². The summed E-state index contributed by atoms with van der Waals surface area (Å²) in [5.74, 6) is 0.346. The van der Waals surface area contributed by atoms with Crippen LogP contribution in [0.1, 0.15) is 35.2 Å². The van der Waals surface area contributed by atoms with Crippen molar-refractivity contribution in [3.05, 3.63) is 47.4 Å². The molecule has 11 nitrogen and oxygen atoms in total. The summed E-state index contributed by atoms with van der Waals surface area (Å²) >= 11 is 0. The SMILES string of the molecule is C=CC(=O)N1CCN(c2c(C#N)c(OCC3CCCN3C)nc3c2CCN(c2c(C)cnc4[nH]ncc24)C3)CC1.